The molecule has 0 bridgehead atoms. The Labute approximate surface area is 99.5 Å². The number of phenolic OH excluding ortho intramolecular Hbond substituents is 2. The van der Waals surface area contributed by atoms with Crippen LogP contribution < -0.4 is 0 Å². The Balaban J connectivity index is 2.58. The van der Waals surface area contributed by atoms with E-state index >= 15 is 0 Å². The van der Waals surface area contributed by atoms with Crippen LogP contribution in [-0.4, -0.2) is 22.8 Å². The lowest BCUT2D eigenvalue weighted by molar-refractivity contribution is 0.0546. The smallest absolute Gasteiger partial charge is 0.342 e. The van der Waals surface area contributed by atoms with Crippen molar-refractivity contribution in [2.45, 2.75) is 6.92 Å². The molecule has 0 spiro atoms. The lowest BCUT2D eigenvalue weighted by atomic mass is 10.2. The minimum absolute atomic E-state index is 0.0298. The van der Waals surface area contributed by atoms with E-state index in [0.717, 1.165) is 6.07 Å². The molecule has 0 saturated heterocycles. The molecule has 0 radical (unpaired) electrons. The third kappa shape index (κ3) is 4.03. The van der Waals surface area contributed by atoms with Crippen LogP contribution in [0.3, 0.4) is 0 Å². The molecule has 4 heteroatoms. The average Bonchev–Trinajstić information content (AvgIpc) is 2.28. The van der Waals surface area contributed by atoms with Crippen molar-refractivity contribution in [2.75, 3.05) is 6.61 Å². The highest BCUT2D eigenvalue weighted by Gasteiger charge is 2.12. The third-order valence-corrected chi connectivity index (χ3v) is 1.95. The summed E-state index contributed by atoms with van der Waals surface area (Å²) in [6, 6.07) is 3.71. The monoisotopic (exact) mass is 234 g/mol. The first-order valence-electron chi connectivity index (χ1n) is 5.12. The molecule has 4 nitrogen and oxygen atoms in total. The van der Waals surface area contributed by atoms with Crippen molar-refractivity contribution in [3.63, 3.8) is 0 Å². The van der Waals surface area contributed by atoms with E-state index in [0.29, 0.717) is 0 Å². The van der Waals surface area contributed by atoms with Crippen LogP contribution >= 0.6 is 0 Å². The lowest BCUT2D eigenvalue weighted by Gasteiger charge is -2.04. The van der Waals surface area contributed by atoms with Gasteiger partial charge in [0.1, 0.15) is 23.7 Å². The van der Waals surface area contributed by atoms with Gasteiger partial charge in [-0.3, -0.25) is 0 Å². The van der Waals surface area contributed by atoms with Crippen molar-refractivity contribution in [1.29, 1.82) is 0 Å². The third-order valence-electron chi connectivity index (χ3n) is 1.95. The fourth-order valence-electron chi connectivity index (χ4n) is 1.14. The van der Waals surface area contributed by atoms with Crippen molar-refractivity contribution in [3.05, 3.63) is 48.1 Å². The zero-order valence-corrected chi connectivity index (χ0v) is 9.46. The fraction of sp³-hybridized carbons (Fsp3) is 0.154. The Kier molecular flexibility index (Phi) is 4.81. The van der Waals surface area contributed by atoms with Crippen molar-refractivity contribution in [2.24, 2.45) is 0 Å². The van der Waals surface area contributed by atoms with Gasteiger partial charge in [-0.15, -0.1) is 0 Å². The first-order chi connectivity index (χ1) is 8.15. The standard InChI is InChI=1S/C13H14O4/c1-2-3-4-5-8-17-13(16)11-7-6-10(14)9-12(11)15/h2-7,9,14-15H,8H2,1H3. The fourth-order valence-corrected chi connectivity index (χ4v) is 1.14. The molecule has 0 aliphatic rings. The van der Waals surface area contributed by atoms with Crippen molar-refractivity contribution in [1.82, 2.24) is 0 Å². The summed E-state index contributed by atoms with van der Waals surface area (Å²) in [7, 11) is 0. The number of rotatable bonds is 4. The summed E-state index contributed by atoms with van der Waals surface area (Å²) < 4.78 is 4.89. The van der Waals surface area contributed by atoms with Gasteiger partial charge in [-0.05, 0) is 25.1 Å². The van der Waals surface area contributed by atoms with Crippen LogP contribution in [0.4, 0.5) is 0 Å². The van der Waals surface area contributed by atoms with E-state index in [4.69, 9.17) is 9.84 Å². The summed E-state index contributed by atoms with van der Waals surface area (Å²) in [5.74, 6) is -1.04. The van der Waals surface area contributed by atoms with Gasteiger partial charge in [0.2, 0.25) is 0 Å². The number of phenols is 2. The van der Waals surface area contributed by atoms with E-state index in [2.05, 4.69) is 0 Å². The van der Waals surface area contributed by atoms with Crippen LogP contribution in [0.1, 0.15) is 17.3 Å². The second-order valence-corrected chi connectivity index (χ2v) is 3.25. The molecule has 2 N–H and O–H groups in total. The Hall–Kier alpha value is -2.23. The highest BCUT2D eigenvalue weighted by molar-refractivity contribution is 5.92. The second kappa shape index (κ2) is 6.37. The first kappa shape index (κ1) is 12.8. The van der Waals surface area contributed by atoms with Gasteiger partial charge < -0.3 is 14.9 Å². The van der Waals surface area contributed by atoms with E-state index in [1.54, 1.807) is 12.2 Å². The molecule has 17 heavy (non-hydrogen) atoms. The number of aromatic hydroxyl groups is 2. The van der Waals surface area contributed by atoms with Crippen LogP contribution in [0.5, 0.6) is 11.5 Å². The van der Waals surface area contributed by atoms with Gasteiger partial charge in [-0.25, -0.2) is 4.79 Å². The summed E-state index contributed by atoms with van der Waals surface area (Å²) in [5.41, 5.74) is 0.0298. The molecule has 0 fully saturated rings. The van der Waals surface area contributed by atoms with E-state index in [1.165, 1.54) is 12.1 Å². The molecule has 90 valence electrons. The first-order valence-corrected chi connectivity index (χ1v) is 5.12. The topological polar surface area (TPSA) is 66.8 Å². The quantitative estimate of drug-likeness (QED) is 0.620. The van der Waals surface area contributed by atoms with Crippen molar-refractivity contribution < 1.29 is 19.7 Å². The van der Waals surface area contributed by atoms with Gasteiger partial charge in [-0.1, -0.05) is 18.2 Å². The molecule has 0 heterocycles. The van der Waals surface area contributed by atoms with Crippen LogP contribution in [0, 0.1) is 0 Å². The number of carbonyl (C=O) groups is 1. The minimum Gasteiger partial charge on any atom is -0.508 e. The van der Waals surface area contributed by atoms with Gasteiger partial charge in [-0.2, -0.15) is 0 Å². The van der Waals surface area contributed by atoms with E-state index in [1.807, 2.05) is 19.1 Å². The predicted molar refractivity (Wildman–Crippen MR) is 64.0 cm³/mol. The predicted octanol–water partition coefficient (Wildman–Crippen LogP) is 2.39. The van der Waals surface area contributed by atoms with Crippen LogP contribution in [-0.2, 0) is 4.74 Å². The summed E-state index contributed by atoms with van der Waals surface area (Å²) in [4.78, 5) is 11.5. The number of hydrogen-bond acceptors (Lipinski definition) is 4. The maximum Gasteiger partial charge on any atom is 0.342 e. The number of allylic oxidation sites excluding steroid dienone is 3. The highest BCUT2D eigenvalue weighted by Crippen LogP contribution is 2.22. The number of carbonyl (C=O) groups excluding carboxylic acids is 1. The number of ether oxygens (including phenoxy) is 1. The van der Waals surface area contributed by atoms with E-state index < -0.39 is 5.97 Å². The molecular weight excluding hydrogens is 220 g/mol. The summed E-state index contributed by atoms with van der Waals surface area (Å²) in [6.45, 7) is 2.01. The molecule has 0 aliphatic heterocycles. The van der Waals surface area contributed by atoms with Gasteiger partial charge >= 0.3 is 5.97 Å². The van der Waals surface area contributed by atoms with Crippen LogP contribution in [0.15, 0.2) is 42.5 Å². The molecule has 0 unspecified atom stereocenters. The van der Waals surface area contributed by atoms with Crippen LogP contribution in [0.25, 0.3) is 0 Å². The molecular formula is C13H14O4. The average molecular weight is 234 g/mol. The number of benzene rings is 1. The molecule has 0 aromatic heterocycles. The summed E-state index contributed by atoms with van der Waals surface area (Å²) >= 11 is 0. The Morgan fingerprint density at radius 1 is 1.35 bits per heavy atom. The molecule has 1 rings (SSSR count). The largest absolute Gasteiger partial charge is 0.508 e. The summed E-state index contributed by atoms with van der Waals surface area (Å²) in [6.07, 6.45) is 7.09. The molecule has 0 atom stereocenters. The molecule has 0 saturated carbocycles. The van der Waals surface area contributed by atoms with E-state index in [-0.39, 0.29) is 23.7 Å². The van der Waals surface area contributed by atoms with Gasteiger partial charge in [0.15, 0.2) is 0 Å². The van der Waals surface area contributed by atoms with E-state index in [9.17, 15) is 9.90 Å². The van der Waals surface area contributed by atoms with Crippen molar-refractivity contribution in [3.8, 4) is 11.5 Å². The van der Waals surface area contributed by atoms with Gasteiger partial charge in [0.25, 0.3) is 0 Å². The normalized spacial score (nSPS) is 11.1. The maximum absolute atomic E-state index is 11.5. The minimum atomic E-state index is -0.632. The Morgan fingerprint density at radius 3 is 2.76 bits per heavy atom. The SMILES string of the molecule is CC=CC=CCOC(=O)c1ccc(O)cc1O. The summed E-state index contributed by atoms with van der Waals surface area (Å²) in [5, 5.41) is 18.5. The zero-order valence-electron chi connectivity index (χ0n) is 9.46. The van der Waals surface area contributed by atoms with Gasteiger partial charge in [0, 0.05) is 6.07 Å². The second-order valence-electron chi connectivity index (χ2n) is 3.25. The molecule has 1 aromatic rings. The number of hydrogen-bond donors (Lipinski definition) is 2. The van der Waals surface area contributed by atoms with Crippen LogP contribution in [0.2, 0.25) is 0 Å². The van der Waals surface area contributed by atoms with Gasteiger partial charge in [0.05, 0.1) is 0 Å². The van der Waals surface area contributed by atoms with Crippen molar-refractivity contribution >= 4 is 5.97 Å². The zero-order chi connectivity index (χ0) is 12.7. The Morgan fingerprint density at radius 2 is 2.12 bits per heavy atom. The molecule has 0 amide bonds. The molecule has 0 aliphatic carbocycles. The lowest BCUT2D eigenvalue weighted by Crippen LogP contribution is -2.05. The highest BCUT2D eigenvalue weighted by atomic mass is 16.5. The maximum atomic E-state index is 11.5. The molecule has 1 aromatic carbocycles. The Bertz CT molecular complexity index is 447. The number of esters is 1.